The van der Waals surface area contributed by atoms with Crippen LogP contribution in [0.15, 0.2) is 97.1 Å². The van der Waals surface area contributed by atoms with Gasteiger partial charge in [0, 0.05) is 11.1 Å². The monoisotopic (exact) mass is 534 g/mol. The highest BCUT2D eigenvalue weighted by Gasteiger charge is 2.51. The van der Waals surface area contributed by atoms with Crippen LogP contribution in [0.25, 0.3) is 21.9 Å². The third kappa shape index (κ3) is 3.61. The molecule has 1 N–H and O–H groups in total. The van der Waals surface area contributed by atoms with Crippen molar-refractivity contribution in [2.24, 2.45) is 0 Å². The van der Waals surface area contributed by atoms with Crippen LogP contribution in [0.2, 0.25) is 0 Å². The zero-order valence-corrected chi connectivity index (χ0v) is 23.5. The lowest BCUT2D eigenvalue weighted by molar-refractivity contribution is -0.0893. The number of fused-ring (bicyclic) bond motifs is 11. The highest BCUT2D eigenvalue weighted by atomic mass is 16.5. The van der Waals surface area contributed by atoms with Gasteiger partial charge in [-0.25, -0.2) is 0 Å². The van der Waals surface area contributed by atoms with Crippen molar-refractivity contribution in [3.63, 3.8) is 0 Å². The lowest BCUT2D eigenvalue weighted by atomic mass is 9.64. The van der Waals surface area contributed by atoms with Gasteiger partial charge in [-0.2, -0.15) is 5.26 Å². The van der Waals surface area contributed by atoms with Crippen LogP contribution in [0.3, 0.4) is 0 Å². The normalized spacial score (nSPS) is 16.8. The van der Waals surface area contributed by atoms with E-state index in [2.05, 4.69) is 72.8 Å². The summed E-state index contributed by atoms with van der Waals surface area (Å²) in [6.07, 6.45) is 0. The second-order valence-electron chi connectivity index (χ2n) is 12.0. The van der Waals surface area contributed by atoms with Crippen LogP contribution in [0.1, 0.15) is 55.5 Å². The Morgan fingerprint density at radius 2 is 1.49 bits per heavy atom. The van der Waals surface area contributed by atoms with E-state index in [0.29, 0.717) is 5.56 Å². The molecule has 1 atom stereocenters. The molecule has 0 fully saturated rings. The summed E-state index contributed by atoms with van der Waals surface area (Å²) in [4.78, 5) is 0. The van der Waals surface area contributed by atoms with Gasteiger partial charge in [0.25, 0.3) is 0 Å². The lowest BCUT2D eigenvalue weighted by Gasteiger charge is -2.40. The van der Waals surface area contributed by atoms with Gasteiger partial charge in [-0.3, -0.25) is 0 Å². The molecule has 0 aromatic heterocycles. The molecule has 0 saturated heterocycles. The Bertz CT molecular complexity index is 1910. The summed E-state index contributed by atoms with van der Waals surface area (Å²) in [5.74, 6) is 1.50. The van der Waals surface area contributed by atoms with Crippen molar-refractivity contribution in [2.75, 3.05) is 0 Å². The summed E-state index contributed by atoms with van der Waals surface area (Å²) in [5.41, 5.74) is 5.51. The minimum atomic E-state index is -1.04. The van der Waals surface area contributed by atoms with E-state index in [0.717, 1.165) is 39.2 Å². The first-order valence-electron chi connectivity index (χ1n) is 13.9. The molecule has 199 valence electrons. The number of aliphatic hydroxyl groups is 1. The second-order valence-corrected chi connectivity index (χ2v) is 12.0. The van der Waals surface area contributed by atoms with Gasteiger partial charge in [-0.1, -0.05) is 78.3 Å². The summed E-state index contributed by atoms with van der Waals surface area (Å²) in [6.45, 7) is 7.25. The molecular weight excluding hydrogens is 505 g/mol. The van der Waals surface area contributed by atoms with Gasteiger partial charge < -0.3 is 14.5 Å². The highest BCUT2D eigenvalue weighted by Crippen LogP contribution is 2.62. The van der Waals surface area contributed by atoms with E-state index >= 15 is 0 Å². The first-order chi connectivity index (χ1) is 19.6. The number of nitrogens with zero attached hydrogens (tertiary/aromatic N) is 1. The zero-order chi connectivity index (χ0) is 28.6. The number of nitriles is 1. The predicted octanol–water partition coefficient (Wildman–Crippen LogP) is 6.99. The molecule has 0 bridgehead atoms. The van der Waals surface area contributed by atoms with E-state index in [1.807, 2.05) is 44.2 Å². The van der Waals surface area contributed by atoms with Gasteiger partial charge >= 0.3 is 7.48 Å². The Hall–Kier alpha value is -4.37. The van der Waals surface area contributed by atoms with Crippen LogP contribution in [0.4, 0.5) is 0 Å². The summed E-state index contributed by atoms with van der Waals surface area (Å²) in [5, 5.41) is 23.0. The number of ether oxygens (including phenoxy) is 1. The summed E-state index contributed by atoms with van der Waals surface area (Å²) >= 11 is 0. The Labute approximate surface area is 241 Å². The Morgan fingerprint density at radius 3 is 2.27 bits per heavy atom. The van der Waals surface area contributed by atoms with E-state index in [4.69, 9.17) is 9.39 Å². The fourth-order valence-corrected chi connectivity index (χ4v) is 6.24. The largest absolute Gasteiger partial charge is 0.457 e. The molecule has 5 aromatic carbocycles. The average Bonchev–Trinajstić information content (AvgIpc) is 3.27. The standard InChI is InChI=1S/C36H29BNO3/c1-34(2,39)35(3,4)41-37-24-15-18-32-30(20-24)36(29-19-22(21-38)13-17-31(29)40-32)27-12-8-7-11-26(27)33-25-10-6-5-9-23(25)14-16-28(33)36/h5-20,39H,1-4H3. The van der Waals surface area contributed by atoms with E-state index in [-0.39, 0.29) is 0 Å². The van der Waals surface area contributed by atoms with Crippen molar-refractivity contribution in [2.45, 2.75) is 44.3 Å². The van der Waals surface area contributed by atoms with Crippen LogP contribution in [-0.4, -0.2) is 23.8 Å². The van der Waals surface area contributed by atoms with Gasteiger partial charge in [0.2, 0.25) is 0 Å². The fourth-order valence-electron chi connectivity index (χ4n) is 6.24. The van der Waals surface area contributed by atoms with Crippen LogP contribution >= 0.6 is 0 Å². The molecule has 1 spiro atoms. The summed E-state index contributed by atoms with van der Waals surface area (Å²) < 4.78 is 12.7. The molecule has 0 amide bonds. The molecule has 5 aromatic rings. The summed E-state index contributed by atoms with van der Waals surface area (Å²) in [6, 6.07) is 35.6. The van der Waals surface area contributed by atoms with Crippen LogP contribution < -0.4 is 10.2 Å². The van der Waals surface area contributed by atoms with Crippen molar-refractivity contribution in [3.8, 4) is 28.7 Å². The van der Waals surface area contributed by atoms with Crippen molar-refractivity contribution < 1.29 is 14.5 Å². The minimum absolute atomic E-state index is 0.583. The Kier molecular flexibility index (Phi) is 5.50. The molecule has 41 heavy (non-hydrogen) atoms. The maximum Gasteiger partial charge on any atom is 0.330 e. The molecule has 1 aliphatic heterocycles. The SMILES string of the molecule is CC(C)(O)C(C)(C)O[B]c1ccc2c(c1)C1(c3cc(C#N)ccc3O2)c2ccccc2-c2c1ccc1ccccc21. The van der Waals surface area contributed by atoms with E-state index in [1.54, 1.807) is 21.3 Å². The van der Waals surface area contributed by atoms with Crippen molar-refractivity contribution >= 4 is 23.7 Å². The molecule has 1 aliphatic carbocycles. The quantitative estimate of drug-likeness (QED) is 0.247. The van der Waals surface area contributed by atoms with Gasteiger partial charge in [0.15, 0.2) is 0 Å². The maximum absolute atomic E-state index is 10.7. The van der Waals surface area contributed by atoms with Gasteiger partial charge in [0.05, 0.1) is 28.2 Å². The van der Waals surface area contributed by atoms with Gasteiger partial charge in [-0.05, 0) is 85.0 Å². The predicted molar refractivity (Wildman–Crippen MR) is 163 cm³/mol. The second kappa shape index (κ2) is 8.82. The Morgan fingerprint density at radius 1 is 0.780 bits per heavy atom. The smallest absolute Gasteiger partial charge is 0.330 e. The summed E-state index contributed by atoms with van der Waals surface area (Å²) in [7, 11) is 1.72. The molecule has 5 heteroatoms. The van der Waals surface area contributed by atoms with E-state index in [9.17, 15) is 10.4 Å². The van der Waals surface area contributed by atoms with Crippen LogP contribution in [-0.2, 0) is 10.1 Å². The number of benzene rings is 5. The van der Waals surface area contributed by atoms with Crippen LogP contribution in [0.5, 0.6) is 11.5 Å². The topological polar surface area (TPSA) is 62.5 Å². The minimum Gasteiger partial charge on any atom is -0.457 e. The zero-order valence-electron chi connectivity index (χ0n) is 23.5. The van der Waals surface area contributed by atoms with Crippen molar-refractivity contribution in [1.29, 1.82) is 5.26 Å². The molecule has 1 unspecified atom stereocenters. The molecule has 2 aliphatic rings. The van der Waals surface area contributed by atoms with Crippen molar-refractivity contribution in [3.05, 3.63) is 125 Å². The maximum atomic E-state index is 10.7. The molecule has 1 heterocycles. The third-order valence-electron chi connectivity index (χ3n) is 9.04. The number of hydrogen-bond acceptors (Lipinski definition) is 4. The lowest BCUT2D eigenvalue weighted by Crippen LogP contribution is -2.49. The number of rotatable bonds is 4. The third-order valence-corrected chi connectivity index (χ3v) is 9.04. The highest BCUT2D eigenvalue weighted by molar-refractivity contribution is 6.47. The van der Waals surface area contributed by atoms with E-state index < -0.39 is 16.6 Å². The van der Waals surface area contributed by atoms with E-state index in [1.165, 1.54) is 21.9 Å². The average molecular weight is 534 g/mol. The van der Waals surface area contributed by atoms with Crippen LogP contribution in [0, 0.1) is 11.3 Å². The first kappa shape index (κ1) is 25.6. The molecule has 4 nitrogen and oxygen atoms in total. The first-order valence-corrected chi connectivity index (χ1v) is 13.9. The number of hydrogen-bond donors (Lipinski definition) is 1. The molecule has 1 radical (unpaired) electrons. The van der Waals surface area contributed by atoms with Crippen molar-refractivity contribution in [1.82, 2.24) is 0 Å². The molecule has 0 saturated carbocycles. The molecule has 7 rings (SSSR count). The molecular formula is C36H29BNO3. The van der Waals surface area contributed by atoms with Gasteiger partial charge in [-0.15, -0.1) is 0 Å². The fraction of sp³-hybridized carbons (Fsp3) is 0.194. The van der Waals surface area contributed by atoms with Gasteiger partial charge in [0.1, 0.15) is 11.5 Å². The Balaban J connectivity index is 1.54.